The van der Waals surface area contributed by atoms with Crippen LogP contribution in [-0.2, 0) is 0 Å². The quantitative estimate of drug-likeness (QED) is 0.847. The van der Waals surface area contributed by atoms with Crippen LogP contribution in [0.1, 0.15) is 38.1 Å². The molecule has 90 valence electrons. The van der Waals surface area contributed by atoms with Crippen molar-refractivity contribution in [1.29, 1.82) is 0 Å². The highest BCUT2D eigenvalue weighted by atomic mass is 32.1. The van der Waals surface area contributed by atoms with Crippen LogP contribution in [0.4, 0.5) is 0 Å². The van der Waals surface area contributed by atoms with Gasteiger partial charge in [0.25, 0.3) is 0 Å². The normalized spacial score (nSPS) is 12.8. The van der Waals surface area contributed by atoms with E-state index in [1.54, 1.807) is 11.3 Å². The first-order valence-electron chi connectivity index (χ1n) is 5.81. The summed E-state index contributed by atoms with van der Waals surface area (Å²) in [6.07, 6.45) is -0.493. The lowest BCUT2D eigenvalue weighted by Gasteiger charge is -2.13. The van der Waals surface area contributed by atoms with E-state index < -0.39 is 6.10 Å². The molecule has 0 aliphatic heterocycles. The number of thiophene rings is 1. The largest absolute Gasteiger partial charge is 0.383 e. The van der Waals surface area contributed by atoms with E-state index >= 15 is 0 Å². The molecule has 0 amide bonds. The second-order valence-corrected chi connectivity index (χ2v) is 5.94. The molecule has 1 atom stereocenters. The van der Waals surface area contributed by atoms with Gasteiger partial charge in [-0.25, -0.2) is 0 Å². The van der Waals surface area contributed by atoms with E-state index in [2.05, 4.69) is 45.0 Å². The molecule has 0 radical (unpaired) electrons. The van der Waals surface area contributed by atoms with Crippen molar-refractivity contribution in [2.45, 2.75) is 33.8 Å². The number of rotatable bonds is 2. The molecule has 0 bridgehead atoms. The highest BCUT2D eigenvalue weighted by Crippen LogP contribution is 2.32. The standard InChI is InChI=1S/C15H18OS/c1-9-5-6-10(2)13(7-9)15(16)14-8-11(3)12(4)17-14/h5-8,15-16H,1-4H3. The molecular formula is C15H18OS. The molecule has 0 fully saturated rings. The van der Waals surface area contributed by atoms with Crippen molar-refractivity contribution in [3.63, 3.8) is 0 Å². The molecule has 17 heavy (non-hydrogen) atoms. The van der Waals surface area contributed by atoms with Crippen LogP contribution in [0.3, 0.4) is 0 Å². The maximum absolute atomic E-state index is 10.4. The number of aliphatic hydroxyl groups excluding tert-OH is 1. The highest BCUT2D eigenvalue weighted by molar-refractivity contribution is 7.12. The minimum atomic E-state index is -0.493. The van der Waals surface area contributed by atoms with Crippen molar-refractivity contribution >= 4 is 11.3 Å². The molecule has 2 rings (SSSR count). The molecule has 1 unspecified atom stereocenters. The minimum Gasteiger partial charge on any atom is -0.383 e. The third kappa shape index (κ3) is 2.43. The molecule has 2 heteroatoms. The predicted octanol–water partition coefficient (Wildman–Crippen LogP) is 4.06. The van der Waals surface area contributed by atoms with Gasteiger partial charge in [0.05, 0.1) is 0 Å². The van der Waals surface area contributed by atoms with E-state index in [1.807, 2.05) is 6.92 Å². The number of aryl methyl sites for hydroxylation is 4. The monoisotopic (exact) mass is 246 g/mol. The van der Waals surface area contributed by atoms with E-state index in [0.29, 0.717) is 0 Å². The zero-order valence-corrected chi connectivity index (χ0v) is 11.6. The van der Waals surface area contributed by atoms with Crippen LogP contribution in [0.15, 0.2) is 24.3 Å². The van der Waals surface area contributed by atoms with Crippen LogP contribution in [0.5, 0.6) is 0 Å². The Kier molecular flexibility index (Phi) is 3.36. The Bertz CT molecular complexity index is 520. The van der Waals surface area contributed by atoms with Crippen molar-refractivity contribution < 1.29 is 5.11 Å². The van der Waals surface area contributed by atoms with E-state index in [-0.39, 0.29) is 0 Å². The summed E-state index contributed by atoms with van der Waals surface area (Å²) >= 11 is 1.68. The van der Waals surface area contributed by atoms with Crippen molar-refractivity contribution in [1.82, 2.24) is 0 Å². The smallest absolute Gasteiger partial charge is 0.113 e. The van der Waals surface area contributed by atoms with Crippen LogP contribution in [-0.4, -0.2) is 5.11 Å². The molecule has 0 aliphatic rings. The average molecular weight is 246 g/mol. The van der Waals surface area contributed by atoms with Crippen molar-refractivity contribution in [3.05, 3.63) is 56.3 Å². The number of aliphatic hydroxyl groups is 1. The first kappa shape index (κ1) is 12.3. The summed E-state index contributed by atoms with van der Waals surface area (Å²) in [5, 5.41) is 10.4. The summed E-state index contributed by atoms with van der Waals surface area (Å²) in [4.78, 5) is 2.32. The van der Waals surface area contributed by atoms with Crippen molar-refractivity contribution in [3.8, 4) is 0 Å². The minimum absolute atomic E-state index is 0.493. The Morgan fingerprint density at radius 1 is 1.00 bits per heavy atom. The first-order valence-corrected chi connectivity index (χ1v) is 6.63. The van der Waals surface area contributed by atoms with Gasteiger partial charge in [0, 0.05) is 9.75 Å². The van der Waals surface area contributed by atoms with Gasteiger partial charge in [-0.15, -0.1) is 11.3 Å². The Labute approximate surface area is 107 Å². The fraction of sp³-hybridized carbons (Fsp3) is 0.333. The zero-order valence-electron chi connectivity index (χ0n) is 10.7. The summed E-state index contributed by atoms with van der Waals surface area (Å²) in [6, 6.07) is 8.31. The maximum atomic E-state index is 10.4. The number of hydrogen-bond acceptors (Lipinski definition) is 2. The summed E-state index contributed by atoms with van der Waals surface area (Å²) in [7, 11) is 0. The van der Waals surface area contributed by atoms with Gasteiger partial charge in [-0.2, -0.15) is 0 Å². The topological polar surface area (TPSA) is 20.2 Å². The predicted molar refractivity (Wildman–Crippen MR) is 73.8 cm³/mol. The molecule has 0 spiro atoms. The Balaban J connectivity index is 2.42. The van der Waals surface area contributed by atoms with Gasteiger partial charge in [-0.3, -0.25) is 0 Å². The van der Waals surface area contributed by atoms with Crippen LogP contribution in [0.2, 0.25) is 0 Å². The van der Waals surface area contributed by atoms with Crippen molar-refractivity contribution in [2.24, 2.45) is 0 Å². The lowest BCUT2D eigenvalue weighted by Crippen LogP contribution is -2.00. The molecule has 0 saturated heterocycles. The number of hydrogen-bond donors (Lipinski definition) is 1. The van der Waals surface area contributed by atoms with Crippen molar-refractivity contribution in [2.75, 3.05) is 0 Å². The van der Waals surface area contributed by atoms with E-state index in [4.69, 9.17) is 0 Å². The molecule has 0 aliphatic carbocycles. The molecule has 1 aromatic heterocycles. The van der Waals surface area contributed by atoms with Crippen LogP contribution < -0.4 is 0 Å². The SMILES string of the molecule is Cc1ccc(C)c(C(O)c2cc(C)c(C)s2)c1. The zero-order chi connectivity index (χ0) is 12.6. The molecule has 2 aromatic rings. The summed E-state index contributed by atoms with van der Waals surface area (Å²) in [6.45, 7) is 8.29. The summed E-state index contributed by atoms with van der Waals surface area (Å²) in [5.41, 5.74) is 4.61. The molecule has 1 N–H and O–H groups in total. The summed E-state index contributed by atoms with van der Waals surface area (Å²) < 4.78 is 0. The van der Waals surface area contributed by atoms with Crippen LogP contribution in [0, 0.1) is 27.7 Å². The average Bonchev–Trinajstić information content (AvgIpc) is 2.62. The van der Waals surface area contributed by atoms with Gasteiger partial charge in [0.1, 0.15) is 6.10 Å². The highest BCUT2D eigenvalue weighted by Gasteiger charge is 2.15. The number of benzene rings is 1. The van der Waals surface area contributed by atoms with E-state index in [9.17, 15) is 5.11 Å². The second kappa shape index (κ2) is 4.63. The Hall–Kier alpha value is -1.12. The van der Waals surface area contributed by atoms with Gasteiger partial charge in [0.2, 0.25) is 0 Å². The van der Waals surface area contributed by atoms with Crippen LogP contribution >= 0.6 is 11.3 Å². The summed E-state index contributed by atoms with van der Waals surface area (Å²) in [5.74, 6) is 0. The molecule has 0 saturated carbocycles. The third-order valence-electron chi connectivity index (χ3n) is 3.18. The fourth-order valence-corrected chi connectivity index (χ4v) is 2.99. The first-order chi connectivity index (χ1) is 7.99. The molecular weight excluding hydrogens is 228 g/mol. The maximum Gasteiger partial charge on any atom is 0.113 e. The Morgan fingerprint density at radius 3 is 2.29 bits per heavy atom. The lowest BCUT2D eigenvalue weighted by atomic mass is 9.99. The second-order valence-electron chi connectivity index (χ2n) is 4.65. The lowest BCUT2D eigenvalue weighted by molar-refractivity contribution is 0.223. The van der Waals surface area contributed by atoms with Crippen LogP contribution in [0.25, 0.3) is 0 Å². The third-order valence-corrected chi connectivity index (χ3v) is 4.39. The van der Waals surface area contributed by atoms with Gasteiger partial charge in [-0.05, 0) is 50.5 Å². The van der Waals surface area contributed by atoms with E-state index in [0.717, 1.165) is 16.0 Å². The van der Waals surface area contributed by atoms with Gasteiger partial charge < -0.3 is 5.11 Å². The van der Waals surface area contributed by atoms with Gasteiger partial charge in [0.15, 0.2) is 0 Å². The molecule has 1 heterocycles. The molecule has 1 aromatic carbocycles. The van der Waals surface area contributed by atoms with Gasteiger partial charge in [-0.1, -0.05) is 23.8 Å². The Morgan fingerprint density at radius 2 is 1.71 bits per heavy atom. The van der Waals surface area contributed by atoms with Gasteiger partial charge >= 0.3 is 0 Å². The fourth-order valence-electron chi connectivity index (χ4n) is 1.94. The van der Waals surface area contributed by atoms with E-state index in [1.165, 1.54) is 16.0 Å². The molecule has 1 nitrogen and oxygen atoms in total.